The minimum atomic E-state index is -0.524. The van der Waals surface area contributed by atoms with Crippen molar-refractivity contribution in [3.8, 4) is 5.75 Å². The first-order chi connectivity index (χ1) is 9.61. The van der Waals surface area contributed by atoms with Crippen molar-refractivity contribution >= 4 is 5.78 Å². The number of ketones is 1. The highest BCUT2D eigenvalue weighted by molar-refractivity contribution is 6.00. The number of carbonyl (C=O) groups is 1. The summed E-state index contributed by atoms with van der Waals surface area (Å²) in [6.45, 7) is 1.17. The highest BCUT2D eigenvalue weighted by atomic mass is 19.1. The number of rotatable bonds is 6. The van der Waals surface area contributed by atoms with Crippen LogP contribution in [0, 0.1) is 5.82 Å². The summed E-state index contributed by atoms with van der Waals surface area (Å²) in [6.07, 6.45) is 3.63. The van der Waals surface area contributed by atoms with Gasteiger partial charge in [-0.2, -0.15) is 0 Å². The molecule has 1 aliphatic heterocycles. The van der Waals surface area contributed by atoms with Crippen LogP contribution in [-0.4, -0.2) is 46.6 Å². The number of aromatic hydroxyl groups is 1. The van der Waals surface area contributed by atoms with E-state index in [1.165, 1.54) is 6.07 Å². The van der Waals surface area contributed by atoms with Crippen LogP contribution in [0.2, 0.25) is 0 Å². The largest absolute Gasteiger partial charge is 0.507 e. The van der Waals surface area contributed by atoms with Gasteiger partial charge in [-0.15, -0.1) is 0 Å². The van der Waals surface area contributed by atoms with E-state index in [0.29, 0.717) is 6.04 Å². The zero-order valence-corrected chi connectivity index (χ0v) is 11.4. The van der Waals surface area contributed by atoms with Gasteiger partial charge in [-0.3, -0.25) is 9.69 Å². The van der Waals surface area contributed by atoms with Crippen molar-refractivity contribution in [2.45, 2.75) is 31.7 Å². The van der Waals surface area contributed by atoms with E-state index < -0.39 is 5.82 Å². The van der Waals surface area contributed by atoms with Gasteiger partial charge in [0.1, 0.15) is 11.6 Å². The number of halogens is 1. The fourth-order valence-electron chi connectivity index (χ4n) is 2.76. The van der Waals surface area contributed by atoms with Crippen molar-refractivity contribution in [2.75, 3.05) is 19.7 Å². The maximum atomic E-state index is 13.2. The second-order valence-corrected chi connectivity index (χ2v) is 5.22. The molecule has 1 unspecified atom stereocenters. The third-order valence-corrected chi connectivity index (χ3v) is 3.80. The molecule has 110 valence electrons. The van der Waals surface area contributed by atoms with Crippen molar-refractivity contribution in [2.24, 2.45) is 0 Å². The fraction of sp³-hybridized carbons (Fsp3) is 0.533. The second-order valence-electron chi connectivity index (χ2n) is 5.22. The summed E-state index contributed by atoms with van der Waals surface area (Å²) >= 11 is 0. The quantitative estimate of drug-likeness (QED) is 0.782. The van der Waals surface area contributed by atoms with Crippen LogP contribution < -0.4 is 0 Å². The van der Waals surface area contributed by atoms with Crippen LogP contribution in [0.15, 0.2) is 18.2 Å². The summed E-state index contributed by atoms with van der Waals surface area (Å²) in [6, 6.07) is 3.71. The molecule has 1 aromatic rings. The van der Waals surface area contributed by atoms with E-state index in [9.17, 15) is 14.3 Å². The molecule has 1 fully saturated rings. The molecule has 1 heterocycles. The lowest BCUT2D eigenvalue weighted by atomic mass is 10.1. The number of Topliss-reactive ketones (excluding diaryl/α,β-unsaturated/α-hetero) is 1. The minimum Gasteiger partial charge on any atom is -0.507 e. The Balaban J connectivity index is 2.01. The smallest absolute Gasteiger partial charge is 0.180 e. The maximum absolute atomic E-state index is 13.2. The molecule has 1 saturated heterocycles. The van der Waals surface area contributed by atoms with Gasteiger partial charge in [-0.25, -0.2) is 4.39 Å². The Bertz CT molecular complexity index is 478. The number of hydrogen-bond donors (Lipinski definition) is 2. The highest BCUT2D eigenvalue weighted by Gasteiger charge is 2.26. The molecule has 0 amide bonds. The molecule has 0 spiro atoms. The first-order valence-corrected chi connectivity index (χ1v) is 6.98. The standard InChI is InChI=1S/C15H20FNO3/c16-11-5-6-14(19)13(9-11)15(20)10-17-7-1-3-12(17)4-2-8-18/h5-6,9,12,18-19H,1-4,7-8,10H2. The monoisotopic (exact) mass is 281 g/mol. The zero-order chi connectivity index (χ0) is 14.5. The Hall–Kier alpha value is -1.46. The fourth-order valence-corrected chi connectivity index (χ4v) is 2.76. The molecule has 1 atom stereocenters. The van der Waals surface area contributed by atoms with Crippen LogP contribution in [0.1, 0.15) is 36.0 Å². The summed E-state index contributed by atoms with van der Waals surface area (Å²) in [5, 5.41) is 18.5. The van der Waals surface area contributed by atoms with E-state index in [2.05, 4.69) is 4.90 Å². The Kier molecular flexibility index (Phi) is 5.09. The lowest BCUT2D eigenvalue weighted by Gasteiger charge is -2.23. The first-order valence-electron chi connectivity index (χ1n) is 6.98. The van der Waals surface area contributed by atoms with Crippen molar-refractivity contribution in [1.82, 2.24) is 4.90 Å². The van der Waals surface area contributed by atoms with Crippen LogP contribution in [0.3, 0.4) is 0 Å². The topological polar surface area (TPSA) is 60.8 Å². The van der Waals surface area contributed by atoms with E-state index in [1.54, 1.807) is 0 Å². The van der Waals surface area contributed by atoms with Crippen LogP contribution in [0.5, 0.6) is 5.75 Å². The van der Waals surface area contributed by atoms with Crippen LogP contribution in [0.25, 0.3) is 0 Å². The lowest BCUT2D eigenvalue weighted by molar-refractivity contribution is 0.0912. The second kappa shape index (κ2) is 6.81. The number of hydrogen-bond acceptors (Lipinski definition) is 4. The molecule has 20 heavy (non-hydrogen) atoms. The summed E-state index contributed by atoms with van der Waals surface area (Å²) in [5.41, 5.74) is 0.0396. The van der Waals surface area contributed by atoms with E-state index in [1.807, 2.05) is 0 Å². The van der Waals surface area contributed by atoms with E-state index >= 15 is 0 Å². The molecule has 2 N–H and O–H groups in total. The number of aliphatic hydroxyl groups is 1. The zero-order valence-electron chi connectivity index (χ0n) is 11.4. The molecular weight excluding hydrogens is 261 g/mol. The van der Waals surface area contributed by atoms with Crippen molar-refractivity contribution in [3.05, 3.63) is 29.6 Å². The third kappa shape index (κ3) is 3.55. The van der Waals surface area contributed by atoms with Gasteiger partial charge in [0.05, 0.1) is 12.1 Å². The number of phenolic OH excluding ortho intramolecular Hbond substituents is 1. The molecule has 2 rings (SSSR count). The van der Waals surface area contributed by atoms with Gasteiger partial charge in [0.15, 0.2) is 5.78 Å². The van der Waals surface area contributed by atoms with Crippen molar-refractivity contribution in [1.29, 1.82) is 0 Å². The summed E-state index contributed by atoms with van der Waals surface area (Å²) in [4.78, 5) is 14.2. The molecule has 5 heteroatoms. The lowest BCUT2D eigenvalue weighted by Crippen LogP contribution is -2.34. The number of phenols is 1. The average Bonchev–Trinajstić information content (AvgIpc) is 2.86. The molecule has 0 aliphatic carbocycles. The molecule has 1 aliphatic rings. The Labute approximate surface area is 117 Å². The predicted octanol–water partition coefficient (Wildman–Crippen LogP) is 1.95. The van der Waals surface area contributed by atoms with E-state index in [0.717, 1.165) is 44.4 Å². The minimum absolute atomic E-state index is 0.0396. The van der Waals surface area contributed by atoms with Gasteiger partial charge < -0.3 is 10.2 Å². The van der Waals surface area contributed by atoms with Gasteiger partial charge >= 0.3 is 0 Å². The number of carbonyl (C=O) groups excluding carboxylic acids is 1. The molecule has 0 saturated carbocycles. The number of benzene rings is 1. The average molecular weight is 281 g/mol. The molecule has 0 aromatic heterocycles. The predicted molar refractivity (Wildman–Crippen MR) is 73.3 cm³/mol. The Morgan fingerprint density at radius 1 is 1.45 bits per heavy atom. The first kappa shape index (κ1) is 14.9. The van der Waals surface area contributed by atoms with E-state index in [-0.39, 0.29) is 30.2 Å². The summed E-state index contributed by atoms with van der Waals surface area (Å²) in [5.74, 6) is -0.968. The van der Waals surface area contributed by atoms with Gasteiger partial charge in [-0.05, 0) is 50.4 Å². The Morgan fingerprint density at radius 3 is 3.00 bits per heavy atom. The number of aliphatic hydroxyl groups excluding tert-OH is 1. The van der Waals surface area contributed by atoms with Crippen LogP contribution in [0.4, 0.5) is 4.39 Å². The normalized spacial score (nSPS) is 19.4. The number of nitrogens with zero attached hydrogens (tertiary/aromatic N) is 1. The van der Waals surface area contributed by atoms with Crippen molar-refractivity contribution < 1.29 is 19.4 Å². The Morgan fingerprint density at radius 2 is 2.25 bits per heavy atom. The molecular formula is C15H20FNO3. The van der Waals surface area contributed by atoms with Gasteiger partial charge in [0, 0.05) is 12.6 Å². The maximum Gasteiger partial charge on any atom is 0.180 e. The van der Waals surface area contributed by atoms with Crippen molar-refractivity contribution in [3.63, 3.8) is 0 Å². The number of likely N-dealkylation sites (tertiary alicyclic amines) is 1. The SMILES string of the molecule is O=C(CN1CCCC1CCCO)c1cc(F)ccc1O. The van der Waals surface area contributed by atoms with Gasteiger partial charge in [0.2, 0.25) is 0 Å². The molecule has 1 aromatic carbocycles. The highest BCUT2D eigenvalue weighted by Crippen LogP contribution is 2.24. The summed E-state index contributed by atoms with van der Waals surface area (Å²) in [7, 11) is 0. The van der Waals surface area contributed by atoms with Gasteiger partial charge in [0.25, 0.3) is 0 Å². The van der Waals surface area contributed by atoms with Crippen LogP contribution in [-0.2, 0) is 0 Å². The van der Waals surface area contributed by atoms with E-state index in [4.69, 9.17) is 5.11 Å². The van der Waals surface area contributed by atoms with Gasteiger partial charge in [-0.1, -0.05) is 0 Å². The molecule has 4 nitrogen and oxygen atoms in total. The molecule has 0 bridgehead atoms. The molecule has 0 radical (unpaired) electrons. The summed E-state index contributed by atoms with van der Waals surface area (Å²) < 4.78 is 13.2. The van der Waals surface area contributed by atoms with Crippen LogP contribution >= 0.6 is 0 Å². The third-order valence-electron chi connectivity index (χ3n) is 3.80.